The Bertz CT molecular complexity index is 494. The highest BCUT2D eigenvalue weighted by molar-refractivity contribution is 5.95. The van der Waals surface area contributed by atoms with Gasteiger partial charge in [-0.2, -0.15) is 0 Å². The molecule has 122 valence electrons. The zero-order valence-electron chi connectivity index (χ0n) is 13.4. The van der Waals surface area contributed by atoms with Gasteiger partial charge >= 0.3 is 0 Å². The first-order chi connectivity index (χ1) is 10.3. The van der Waals surface area contributed by atoms with Gasteiger partial charge in [0.1, 0.15) is 0 Å². The molecule has 0 unspecified atom stereocenters. The fourth-order valence-corrected chi connectivity index (χ4v) is 3.15. The molecule has 0 atom stereocenters. The summed E-state index contributed by atoms with van der Waals surface area (Å²) in [7, 11) is 0. The lowest BCUT2D eigenvalue weighted by Crippen LogP contribution is -2.45. The quantitative estimate of drug-likeness (QED) is 0.902. The number of hydrogen-bond donors (Lipinski definition) is 1. The standard InChI is InChI=1S/C18H26N2O.ClH/c1-2-15-5-3-4-6-17(15)18(21)20-11-9-16(10-12-20)19-13-14-7-8-14;/h3-6,14,16,19H,2,7-13H2,1H3;1H. The molecule has 4 heteroatoms. The lowest BCUT2D eigenvalue weighted by atomic mass is 10.0. The molecule has 1 aliphatic carbocycles. The third-order valence-corrected chi connectivity index (χ3v) is 4.80. The van der Waals surface area contributed by atoms with Crippen LogP contribution in [-0.4, -0.2) is 36.5 Å². The van der Waals surface area contributed by atoms with Crippen molar-refractivity contribution in [2.24, 2.45) is 5.92 Å². The van der Waals surface area contributed by atoms with E-state index in [1.54, 1.807) is 0 Å². The summed E-state index contributed by atoms with van der Waals surface area (Å²) < 4.78 is 0. The summed E-state index contributed by atoms with van der Waals surface area (Å²) >= 11 is 0. The summed E-state index contributed by atoms with van der Waals surface area (Å²) in [6, 6.07) is 8.63. The summed E-state index contributed by atoms with van der Waals surface area (Å²) in [4.78, 5) is 14.7. The number of hydrogen-bond acceptors (Lipinski definition) is 2. The minimum Gasteiger partial charge on any atom is -0.339 e. The second-order valence-electron chi connectivity index (χ2n) is 6.43. The van der Waals surface area contributed by atoms with Crippen LogP contribution in [0, 0.1) is 5.92 Å². The van der Waals surface area contributed by atoms with E-state index >= 15 is 0 Å². The number of likely N-dealkylation sites (tertiary alicyclic amines) is 1. The van der Waals surface area contributed by atoms with Crippen LogP contribution in [0.1, 0.15) is 48.5 Å². The van der Waals surface area contributed by atoms with Crippen LogP contribution in [0.25, 0.3) is 0 Å². The van der Waals surface area contributed by atoms with Crippen molar-refractivity contribution in [2.45, 2.75) is 45.1 Å². The summed E-state index contributed by atoms with van der Waals surface area (Å²) in [6.45, 7) is 5.07. The maximum atomic E-state index is 12.7. The third kappa shape index (κ3) is 4.23. The molecule has 1 aromatic carbocycles. The molecule has 1 aromatic rings. The zero-order chi connectivity index (χ0) is 14.7. The minimum absolute atomic E-state index is 0. The van der Waals surface area contributed by atoms with Gasteiger partial charge in [0.05, 0.1) is 0 Å². The number of halogens is 1. The van der Waals surface area contributed by atoms with Crippen molar-refractivity contribution in [3.05, 3.63) is 35.4 Å². The second-order valence-corrected chi connectivity index (χ2v) is 6.43. The summed E-state index contributed by atoms with van der Waals surface area (Å²) in [6.07, 6.45) is 5.90. The van der Waals surface area contributed by atoms with E-state index in [1.807, 2.05) is 23.1 Å². The number of piperidine rings is 1. The molecule has 1 saturated heterocycles. The van der Waals surface area contributed by atoms with Gasteiger partial charge in [-0.15, -0.1) is 12.4 Å². The van der Waals surface area contributed by atoms with Gasteiger partial charge < -0.3 is 10.2 Å². The predicted octanol–water partition coefficient (Wildman–Crippen LogP) is 3.28. The van der Waals surface area contributed by atoms with Crippen molar-refractivity contribution >= 4 is 18.3 Å². The molecule has 1 N–H and O–H groups in total. The van der Waals surface area contributed by atoms with E-state index in [2.05, 4.69) is 18.3 Å². The van der Waals surface area contributed by atoms with E-state index in [1.165, 1.54) is 19.4 Å². The Balaban J connectivity index is 0.00000176. The second kappa shape index (κ2) is 7.98. The topological polar surface area (TPSA) is 32.3 Å². The molecule has 1 saturated carbocycles. The molecule has 3 nitrogen and oxygen atoms in total. The largest absolute Gasteiger partial charge is 0.339 e. The molecule has 1 amide bonds. The highest BCUT2D eigenvalue weighted by atomic mass is 35.5. The average Bonchev–Trinajstić information content (AvgIpc) is 3.37. The molecule has 2 fully saturated rings. The van der Waals surface area contributed by atoms with Crippen molar-refractivity contribution < 1.29 is 4.79 Å². The molecule has 22 heavy (non-hydrogen) atoms. The van der Waals surface area contributed by atoms with Crippen molar-refractivity contribution in [3.63, 3.8) is 0 Å². The molecule has 0 spiro atoms. The first-order valence-electron chi connectivity index (χ1n) is 8.38. The van der Waals surface area contributed by atoms with Gasteiger partial charge in [-0.25, -0.2) is 0 Å². The van der Waals surface area contributed by atoms with E-state index in [0.717, 1.165) is 49.4 Å². The Morgan fingerprint density at radius 3 is 2.50 bits per heavy atom. The van der Waals surface area contributed by atoms with E-state index in [-0.39, 0.29) is 18.3 Å². The summed E-state index contributed by atoms with van der Waals surface area (Å²) in [5.41, 5.74) is 2.06. The number of nitrogens with zero attached hydrogens (tertiary/aromatic N) is 1. The van der Waals surface area contributed by atoms with Crippen molar-refractivity contribution in [1.29, 1.82) is 0 Å². The molecule has 3 rings (SSSR count). The van der Waals surface area contributed by atoms with Gasteiger partial charge in [0.2, 0.25) is 0 Å². The molecular weight excluding hydrogens is 296 g/mol. The van der Waals surface area contributed by atoms with Crippen LogP contribution in [0.4, 0.5) is 0 Å². The van der Waals surface area contributed by atoms with Crippen LogP contribution in [0.15, 0.2) is 24.3 Å². The van der Waals surface area contributed by atoms with Crippen LogP contribution < -0.4 is 5.32 Å². The van der Waals surface area contributed by atoms with Gasteiger partial charge in [-0.1, -0.05) is 25.1 Å². The van der Waals surface area contributed by atoms with Crippen molar-refractivity contribution in [1.82, 2.24) is 10.2 Å². The van der Waals surface area contributed by atoms with E-state index in [4.69, 9.17) is 0 Å². The maximum absolute atomic E-state index is 12.7. The number of aryl methyl sites for hydroxylation is 1. The Kier molecular flexibility index (Phi) is 6.27. The number of amides is 1. The molecular formula is C18H27ClN2O. The number of carbonyl (C=O) groups is 1. The van der Waals surface area contributed by atoms with Gasteiger partial charge in [0, 0.05) is 24.7 Å². The minimum atomic E-state index is 0. The lowest BCUT2D eigenvalue weighted by Gasteiger charge is -2.33. The number of benzene rings is 1. The molecule has 0 bridgehead atoms. The zero-order valence-corrected chi connectivity index (χ0v) is 14.2. The van der Waals surface area contributed by atoms with Crippen LogP contribution in [0.5, 0.6) is 0 Å². The van der Waals surface area contributed by atoms with Crippen LogP contribution in [0.2, 0.25) is 0 Å². The van der Waals surface area contributed by atoms with Crippen LogP contribution in [-0.2, 0) is 6.42 Å². The van der Waals surface area contributed by atoms with Crippen LogP contribution in [0.3, 0.4) is 0 Å². The van der Waals surface area contributed by atoms with Gasteiger partial charge in [-0.05, 0) is 56.2 Å². The van der Waals surface area contributed by atoms with Crippen molar-refractivity contribution in [3.8, 4) is 0 Å². The summed E-state index contributed by atoms with van der Waals surface area (Å²) in [5.74, 6) is 1.15. The molecule has 0 aromatic heterocycles. The molecule has 1 heterocycles. The highest BCUT2D eigenvalue weighted by Gasteiger charge is 2.26. The molecule has 1 aliphatic heterocycles. The predicted molar refractivity (Wildman–Crippen MR) is 92.7 cm³/mol. The Morgan fingerprint density at radius 1 is 1.18 bits per heavy atom. The molecule has 2 aliphatic rings. The van der Waals surface area contributed by atoms with E-state index in [0.29, 0.717) is 6.04 Å². The average molecular weight is 323 g/mol. The monoisotopic (exact) mass is 322 g/mol. The van der Waals surface area contributed by atoms with Gasteiger partial charge in [-0.3, -0.25) is 4.79 Å². The SMILES string of the molecule is CCc1ccccc1C(=O)N1CCC(NCC2CC2)CC1.Cl. The molecule has 0 radical (unpaired) electrons. The normalized spacial score (nSPS) is 18.9. The number of rotatable bonds is 5. The highest BCUT2D eigenvalue weighted by Crippen LogP contribution is 2.28. The fourth-order valence-electron chi connectivity index (χ4n) is 3.15. The summed E-state index contributed by atoms with van der Waals surface area (Å²) in [5, 5.41) is 3.67. The lowest BCUT2D eigenvalue weighted by molar-refractivity contribution is 0.0704. The Labute approximate surface area is 139 Å². The first kappa shape index (κ1) is 17.3. The number of nitrogens with one attached hydrogen (secondary N) is 1. The third-order valence-electron chi connectivity index (χ3n) is 4.80. The Hall–Kier alpha value is -1.06. The maximum Gasteiger partial charge on any atom is 0.254 e. The Morgan fingerprint density at radius 2 is 1.86 bits per heavy atom. The first-order valence-corrected chi connectivity index (χ1v) is 8.38. The van der Waals surface area contributed by atoms with Crippen LogP contribution >= 0.6 is 12.4 Å². The van der Waals surface area contributed by atoms with Crippen molar-refractivity contribution in [2.75, 3.05) is 19.6 Å². The smallest absolute Gasteiger partial charge is 0.254 e. The van der Waals surface area contributed by atoms with E-state index in [9.17, 15) is 4.79 Å². The van der Waals surface area contributed by atoms with Gasteiger partial charge in [0.25, 0.3) is 5.91 Å². The number of carbonyl (C=O) groups excluding carboxylic acids is 1. The van der Waals surface area contributed by atoms with Gasteiger partial charge in [0.15, 0.2) is 0 Å². The fraction of sp³-hybridized carbons (Fsp3) is 0.611. The van der Waals surface area contributed by atoms with E-state index < -0.39 is 0 Å².